The van der Waals surface area contributed by atoms with Crippen LogP contribution in [0.15, 0.2) is 85.5 Å². The number of fused-ring (bicyclic) bond motifs is 2. The molecule has 1 amide bonds. The van der Waals surface area contributed by atoms with Crippen LogP contribution in [-0.4, -0.2) is 55.1 Å². The fourth-order valence-electron chi connectivity index (χ4n) is 7.93. The Morgan fingerprint density at radius 1 is 0.695 bits per heavy atom. The third-order valence-corrected chi connectivity index (χ3v) is 10.1. The number of amides is 1. The van der Waals surface area contributed by atoms with E-state index in [-0.39, 0.29) is 5.54 Å². The molecule has 6 aromatic rings. The molecule has 0 spiro atoms. The van der Waals surface area contributed by atoms with Crippen LogP contribution in [0.5, 0.6) is 11.5 Å². The van der Waals surface area contributed by atoms with Crippen molar-refractivity contribution in [2.45, 2.75) is 106 Å². The first-order valence-corrected chi connectivity index (χ1v) is 20.7. The Kier molecular flexibility index (Phi) is 13.9. The summed E-state index contributed by atoms with van der Waals surface area (Å²) in [5.74, 6) is 2.64. The second kappa shape index (κ2) is 18.3. The van der Waals surface area contributed by atoms with Gasteiger partial charge in [-0.3, -0.25) is 9.97 Å². The number of rotatable bonds is 13. The van der Waals surface area contributed by atoms with E-state index in [1.165, 1.54) is 11.1 Å². The lowest BCUT2D eigenvalue weighted by atomic mass is 9.91. The molecule has 0 radical (unpaired) electrons. The molecule has 0 fully saturated rings. The summed E-state index contributed by atoms with van der Waals surface area (Å²) in [5, 5.41) is 3.04. The van der Waals surface area contributed by atoms with Crippen molar-refractivity contribution < 1.29 is 19.0 Å². The van der Waals surface area contributed by atoms with Crippen molar-refractivity contribution in [2.75, 3.05) is 13.2 Å². The first-order chi connectivity index (χ1) is 27.6. The van der Waals surface area contributed by atoms with Gasteiger partial charge in [0.05, 0.1) is 27.6 Å². The predicted molar refractivity (Wildman–Crippen MR) is 242 cm³/mol. The normalized spacial score (nSPS) is 13.8. The molecular weight excluding hydrogens is 737 g/mol. The second-order valence-electron chi connectivity index (χ2n) is 18.6. The van der Waals surface area contributed by atoms with Gasteiger partial charge in [0.25, 0.3) is 0 Å². The monoisotopic (exact) mass is 803 g/mol. The lowest BCUT2D eigenvalue weighted by molar-refractivity contribution is 0.0407. The fourth-order valence-corrected chi connectivity index (χ4v) is 7.93. The van der Waals surface area contributed by atoms with Gasteiger partial charge < -0.3 is 34.4 Å². The number of carbonyl (C=O) groups is 1. The quantitative estimate of drug-likeness (QED) is 0.119. The van der Waals surface area contributed by atoms with Gasteiger partial charge in [0.15, 0.2) is 0 Å². The Morgan fingerprint density at radius 3 is 1.58 bits per heavy atom. The van der Waals surface area contributed by atoms with E-state index in [1.54, 1.807) is 0 Å². The van der Waals surface area contributed by atoms with Crippen LogP contribution in [0.25, 0.3) is 44.3 Å². The summed E-state index contributed by atoms with van der Waals surface area (Å²) in [6, 6.07) is 20.7. The van der Waals surface area contributed by atoms with Gasteiger partial charge in [-0.2, -0.15) is 0 Å². The SMILES string of the molecule is Cc1cc(-c2ccnc3ccn(C)c23)ccc1OC[C@@](C)(N)CC(C)C.Cc1cc(-c2ccnc3ccn(C)c23)ccc1OC[C@](C)(CC(C)C)NC(=O)OC(C)(C)C. The largest absolute Gasteiger partial charge is 0.491 e. The molecule has 0 saturated carbocycles. The molecule has 0 aliphatic rings. The summed E-state index contributed by atoms with van der Waals surface area (Å²) in [6.07, 6.45) is 9.06. The van der Waals surface area contributed by atoms with Gasteiger partial charge in [-0.25, -0.2) is 4.79 Å². The number of hydrogen-bond donors (Lipinski definition) is 2. The van der Waals surface area contributed by atoms with E-state index in [1.807, 2.05) is 96.8 Å². The number of nitrogens with two attached hydrogens (primary N) is 1. The Morgan fingerprint density at radius 2 is 1.15 bits per heavy atom. The summed E-state index contributed by atoms with van der Waals surface area (Å²) in [4.78, 5) is 21.4. The molecule has 10 nitrogen and oxygen atoms in total. The molecule has 10 heteroatoms. The molecule has 2 atom stereocenters. The van der Waals surface area contributed by atoms with Crippen molar-refractivity contribution in [1.29, 1.82) is 0 Å². The van der Waals surface area contributed by atoms with Crippen LogP contribution < -0.4 is 20.5 Å². The smallest absolute Gasteiger partial charge is 0.408 e. The number of pyridine rings is 2. The highest BCUT2D eigenvalue weighted by atomic mass is 16.6. The van der Waals surface area contributed by atoms with Gasteiger partial charge in [0.1, 0.15) is 30.3 Å². The van der Waals surface area contributed by atoms with Crippen molar-refractivity contribution in [3.05, 3.63) is 96.6 Å². The average molecular weight is 803 g/mol. The van der Waals surface area contributed by atoms with Crippen LogP contribution in [0.1, 0.15) is 86.3 Å². The highest BCUT2D eigenvalue weighted by Crippen LogP contribution is 2.33. The van der Waals surface area contributed by atoms with Crippen LogP contribution in [0.2, 0.25) is 0 Å². The van der Waals surface area contributed by atoms with Crippen molar-refractivity contribution in [1.82, 2.24) is 24.4 Å². The predicted octanol–water partition coefficient (Wildman–Crippen LogP) is 10.9. The summed E-state index contributed by atoms with van der Waals surface area (Å²) in [7, 11) is 4.08. The Bertz CT molecular complexity index is 2370. The van der Waals surface area contributed by atoms with Gasteiger partial charge in [-0.15, -0.1) is 0 Å². The molecule has 0 bridgehead atoms. The molecule has 4 heterocycles. The van der Waals surface area contributed by atoms with Crippen molar-refractivity contribution >= 4 is 28.2 Å². The van der Waals surface area contributed by atoms with E-state index >= 15 is 0 Å². The van der Waals surface area contributed by atoms with E-state index < -0.39 is 17.2 Å². The highest BCUT2D eigenvalue weighted by Gasteiger charge is 2.31. The minimum absolute atomic E-state index is 0.320. The Labute approximate surface area is 351 Å². The lowest BCUT2D eigenvalue weighted by Gasteiger charge is -2.33. The standard InChI is InChI=1S/C27H37N3O3.C22H29N3O/c1-18(2)16-27(7,29-25(31)33-26(4,5)6)17-32-23-10-9-20(15-19(23)3)21-11-13-28-22-12-14-30(8)24(21)22;1-15(2)13-22(4,23)14-26-20-7-6-17(12-16(20)3)18-8-10-24-19-9-11-25(5)21(18)19/h9-15,18H,16-17H2,1-8H3,(H,29,31);6-12,15H,13-14,23H2,1-5H3/t27-;22-/m00/s1. The maximum absolute atomic E-state index is 12.5. The molecule has 3 N–H and O–H groups in total. The zero-order valence-corrected chi connectivity index (χ0v) is 37.6. The summed E-state index contributed by atoms with van der Waals surface area (Å²) < 4.78 is 22.0. The zero-order chi connectivity index (χ0) is 43.3. The van der Waals surface area contributed by atoms with Gasteiger partial charge in [-0.05, 0) is 144 Å². The number of nitrogens with one attached hydrogen (secondary N) is 1. The average Bonchev–Trinajstić information content (AvgIpc) is 3.71. The molecule has 6 rings (SSSR count). The molecule has 4 aromatic heterocycles. The van der Waals surface area contributed by atoms with Crippen molar-refractivity contribution in [3.63, 3.8) is 0 Å². The van der Waals surface area contributed by atoms with Crippen LogP contribution >= 0.6 is 0 Å². The summed E-state index contributed by atoms with van der Waals surface area (Å²) in [5.41, 5.74) is 15.9. The molecule has 2 aromatic carbocycles. The lowest BCUT2D eigenvalue weighted by Crippen LogP contribution is -2.52. The van der Waals surface area contributed by atoms with Crippen molar-refractivity contribution in [3.8, 4) is 33.8 Å². The minimum atomic E-state index is -0.554. The zero-order valence-electron chi connectivity index (χ0n) is 37.6. The molecule has 0 unspecified atom stereocenters. The topological polar surface area (TPSA) is 118 Å². The molecular formula is C49H66N6O4. The van der Waals surface area contributed by atoms with Crippen LogP contribution in [0.4, 0.5) is 4.79 Å². The third-order valence-electron chi connectivity index (χ3n) is 10.1. The van der Waals surface area contributed by atoms with E-state index in [0.717, 1.165) is 68.7 Å². The first-order valence-electron chi connectivity index (χ1n) is 20.7. The van der Waals surface area contributed by atoms with E-state index in [0.29, 0.717) is 25.0 Å². The number of nitrogens with zero attached hydrogens (tertiary/aromatic N) is 4. The highest BCUT2D eigenvalue weighted by molar-refractivity contribution is 5.93. The molecule has 0 aliphatic carbocycles. The van der Waals surface area contributed by atoms with E-state index in [9.17, 15) is 4.79 Å². The maximum atomic E-state index is 12.5. The van der Waals surface area contributed by atoms with Crippen LogP contribution in [0.3, 0.4) is 0 Å². The second-order valence-corrected chi connectivity index (χ2v) is 18.6. The van der Waals surface area contributed by atoms with Gasteiger partial charge in [-0.1, -0.05) is 39.8 Å². The first kappa shape index (κ1) is 44.7. The number of alkyl carbamates (subject to hydrolysis) is 1. The van der Waals surface area contributed by atoms with Gasteiger partial charge in [0, 0.05) is 55.5 Å². The van der Waals surface area contributed by atoms with Gasteiger partial charge >= 0.3 is 6.09 Å². The summed E-state index contributed by atoms with van der Waals surface area (Å²) in [6.45, 7) is 23.3. The van der Waals surface area contributed by atoms with Gasteiger partial charge in [0.2, 0.25) is 0 Å². The number of aryl methyl sites for hydroxylation is 4. The maximum Gasteiger partial charge on any atom is 0.408 e. The Hall–Kier alpha value is -5.35. The number of carbonyl (C=O) groups excluding carboxylic acids is 1. The van der Waals surface area contributed by atoms with Crippen LogP contribution in [-0.2, 0) is 18.8 Å². The molecule has 316 valence electrons. The number of ether oxygens (including phenoxy) is 3. The molecule has 0 aliphatic heterocycles. The third kappa shape index (κ3) is 11.9. The van der Waals surface area contributed by atoms with Crippen molar-refractivity contribution in [2.24, 2.45) is 31.7 Å². The molecule has 0 saturated heterocycles. The van der Waals surface area contributed by atoms with E-state index in [4.69, 9.17) is 19.9 Å². The number of hydrogen-bond acceptors (Lipinski definition) is 7. The number of aromatic nitrogens is 4. The summed E-state index contributed by atoms with van der Waals surface area (Å²) >= 11 is 0. The fraction of sp³-hybridized carbons (Fsp3) is 0.449. The number of benzene rings is 2. The van der Waals surface area contributed by atoms with E-state index in [2.05, 4.69) is 103 Å². The molecule has 59 heavy (non-hydrogen) atoms. The Balaban J connectivity index is 0.000000230. The minimum Gasteiger partial charge on any atom is -0.491 e. The van der Waals surface area contributed by atoms with Crippen LogP contribution in [0, 0.1) is 25.7 Å².